The molecular weight excluding hydrogens is 419 g/mol. The third-order valence-corrected chi connectivity index (χ3v) is 7.59. The van der Waals surface area contributed by atoms with Crippen LogP contribution >= 0.6 is 7.60 Å². The van der Waals surface area contributed by atoms with Crippen LogP contribution in [0.4, 0.5) is 0 Å². The Labute approximate surface area is 194 Å². The number of hydrogen-bond donors (Lipinski definition) is 2. The summed E-state index contributed by atoms with van der Waals surface area (Å²) in [6.45, 7) is 14.8. The van der Waals surface area contributed by atoms with Crippen LogP contribution in [0.1, 0.15) is 90.4 Å². The first-order valence-corrected chi connectivity index (χ1v) is 13.3. The van der Waals surface area contributed by atoms with Gasteiger partial charge in [0.15, 0.2) is 0 Å². The standard InChI is InChI=1S/C27H41O4P/c1-8-20(2)18-24(21-14-16-23(17-15-21)31-26(3,4)5)27(6,7)19-25(32(28,29)30)22-12-10-9-11-13-22/h9-17,20,24-25H,8,18-19H2,1-7H3,(H2,28,29,30). The van der Waals surface area contributed by atoms with Crippen LogP contribution in [0.15, 0.2) is 54.6 Å². The second-order valence-corrected chi connectivity index (χ2v) is 12.6. The Kier molecular flexibility index (Phi) is 8.78. The minimum atomic E-state index is -4.32. The highest BCUT2D eigenvalue weighted by Crippen LogP contribution is 2.59. The molecule has 0 amide bonds. The molecule has 0 fully saturated rings. The van der Waals surface area contributed by atoms with E-state index in [2.05, 4.69) is 39.8 Å². The molecule has 3 unspecified atom stereocenters. The van der Waals surface area contributed by atoms with Crippen LogP contribution < -0.4 is 4.74 Å². The summed E-state index contributed by atoms with van der Waals surface area (Å²) < 4.78 is 18.5. The summed E-state index contributed by atoms with van der Waals surface area (Å²) in [5.74, 6) is 1.51. The van der Waals surface area contributed by atoms with Gasteiger partial charge >= 0.3 is 7.60 Å². The average molecular weight is 461 g/mol. The van der Waals surface area contributed by atoms with Crippen LogP contribution in [0, 0.1) is 11.3 Å². The zero-order valence-electron chi connectivity index (χ0n) is 20.7. The van der Waals surface area contributed by atoms with E-state index in [1.54, 1.807) is 0 Å². The highest BCUT2D eigenvalue weighted by molar-refractivity contribution is 7.52. The second kappa shape index (κ2) is 10.5. The molecule has 4 nitrogen and oxygen atoms in total. The third kappa shape index (κ3) is 7.76. The highest BCUT2D eigenvalue weighted by atomic mass is 31.2. The quantitative estimate of drug-likeness (QED) is 0.356. The largest absolute Gasteiger partial charge is 0.488 e. The number of hydrogen-bond acceptors (Lipinski definition) is 2. The van der Waals surface area contributed by atoms with Crippen LogP contribution in [0.5, 0.6) is 5.75 Å². The summed E-state index contributed by atoms with van der Waals surface area (Å²) in [7, 11) is -4.32. The van der Waals surface area contributed by atoms with Crippen LogP contribution in [0.2, 0.25) is 0 Å². The average Bonchev–Trinajstić information content (AvgIpc) is 2.69. The van der Waals surface area contributed by atoms with Crippen molar-refractivity contribution < 1.29 is 19.1 Å². The van der Waals surface area contributed by atoms with Gasteiger partial charge in [-0.25, -0.2) is 0 Å². The van der Waals surface area contributed by atoms with Crippen LogP contribution in [0.25, 0.3) is 0 Å². The number of ether oxygens (including phenoxy) is 1. The maximum absolute atomic E-state index is 12.5. The minimum Gasteiger partial charge on any atom is -0.488 e. The lowest BCUT2D eigenvalue weighted by molar-refractivity contribution is 0.131. The molecule has 0 heterocycles. The van der Waals surface area contributed by atoms with Gasteiger partial charge in [0.25, 0.3) is 0 Å². The van der Waals surface area contributed by atoms with Crippen LogP contribution in [-0.2, 0) is 4.57 Å². The van der Waals surface area contributed by atoms with Crippen molar-refractivity contribution in [3.63, 3.8) is 0 Å². The first-order chi connectivity index (χ1) is 14.7. The predicted molar refractivity (Wildman–Crippen MR) is 133 cm³/mol. The van der Waals surface area contributed by atoms with Gasteiger partial charge in [-0.2, -0.15) is 0 Å². The molecule has 2 aromatic rings. The van der Waals surface area contributed by atoms with Gasteiger partial charge in [-0.15, -0.1) is 0 Å². The molecule has 178 valence electrons. The molecule has 32 heavy (non-hydrogen) atoms. The molecular formula is C27H41O4P. The zero-order valence-corrected chi connectivity index (χ0v) is 21.6. The molecule has 0 spiro atoms. The van der Waals surface area contributed by atoms with Crippen LogP contribution in [-0.4, -0.2) is 15.4 Å². The van der Waals surface area contributed by atoms with E-state index in [4.69, 9.17) is 4.74 Å². The summed E-state index contributed by atoms with van der Waals surface area (Å²) in [5, 5.41) is 0. The topological polar surface area (TPSA) is 66.8 Å². The normalized spacial score (nSPS) is 15.8. The van der Waals surface area contributed by atoms with Crippen molar-refractivity contribution in [2.75, 3.05) is 0 Å². The first-order valence-electron chi connectivity index (χ1n) is 11.6. The number of rotatable bonds is 10. The fraction of sp³-hybridized carbons (Fsp3) is 0.556. The van der Waals surface area contributed by atoms with E-state index in [0.717, 1.165) is 18.6 Å². The molecule has 3 atom stereocenters. The molecule has 0 saturated heterocycles. The predicted octanol–water partition coefficient (Wildman–Crippen LogP) is 7.72. The minimum absolute atomic E-state index is 0.166. The van der Waals surface area contributed by atoms with Gasteiger partial charge < -0.3 is 14.5 Å². The zero-order chi connectivity index (χ0) is 24.2. The second-order valence-electron chi connectivity index (χ2n) is 10.8. The van der Waals surface area contributed by atoms with E-state index in [9.17, 15) is 14.4 Å². The van der Waals surface area contributed by atoms with Crippen molar-refractivity contribution in [2.24, 2.45) is 11.3 Å². The molecule has 0 aliphatic rings. The Morgan fingerprint density at radius 1 is 0.906 bits per heavy atom. The van der Waals surface area contributed by atoms with Gasteiger partial charge in [-0.1, -0.05) is 76.6 Å². The molecule has 0 saturated carbocycles. The molecule has 0 aliphatic carbocycles. The Morgan fingerprint density at radius 3 is 1.94 bits per heavy atom. The SMILES string of the molecule is CCC(C)CC(c1ccc(OC(C)(C)C)cc1)C(C)(C)CC(c1ccccc1)P(=O)(O)O. The maximum Gasteiger partial charge on any atom is 0.332 e. The molecule has 2 N–H and O–H groups in total. The van der Waals surface area contributed by atoms with Gasteiger partial charge in [0, 0.05) is 0 Å². The van der Waals surface area contributed by atoms with E-state index in [-0.39, 0.29) is 16.9 Å². The lowest BCUT2D eigenvalue weighted by atomic mass is 9.68. The highest BCUT2D eigenvalue weighted by Gasteiger charge is 2.40. The Hall–Kier alpha value is -1.61. The lowest BCUT2D eigenvalue weighted by Gasteiger charge is -2.39. The first kappa shape index (κ1) is 26.6. The van der Waals surface area contributed by atoms with Gasteiger partial charge in [0.2, 0.25) is 0 Å². The summed E-state index contributed by atoms with van der Waals surface area (Å²) in [6.07, 6.45) is 2.44. The molecule has 0 radical (unpaired) electrons. The summed E-state index contributed by atoms with van der Waals surface area (Å²) in [5.41, 5.74) is 0.488. The maximum atomic E-state index is 12.5. The van der Waals surface area contributed by atoms with E-state index in [0.29, 0.717) is 17.9 Å². The van der Waals surface area contributed by atoms with E-state index >= 15 is 0 Å². The van der Waals surface area contributed by atoms with Crippen LogP contribution in [0.3, 0.4) is 0 Å². The van der Waals surface area contributed by atoms with E-state index < -0.39 is 13.3 Å². The molecule has 0 aliphatic heterocycles. The molecule has 5 heteroatoms. The van der Waals surface area contributed by atoms with Crippen molar-refractivity contribution in [1.29, 1.82) is 0 Å². The van der Waals surface area contributed by atoms with Gasteiger partial charge in [-0.05, 0) is 74.1 Å². The summed E-state index contributed by atoms with van der Waals surface area (Å²) in [4.78, 5) is 20.4. The molecule has 2 aromatic carbocycles. The van der Waals surface area contributed by atoms with Crippen molar-refractivity contribution in [3.05, 3.63) is 65.7 Å². The Morgan fingerprint density at radius 2 is 1.47 bits per heavy atom. The fourth-order valence-electron chi connectivity index (χ4n) is 4.34. The Balaban J connectivity index is 2.40. The molecule has 2 rings (SSSR count). The van der Waals surface area contributed by atoms with Gasteiger partial charge in [0.05, 0.1) is 5.66 Å². The van der Waals surface area contributed by atoms with Gasteiger partial charge in [-0.3, -0.25) is 4.57 Å². The van der Waals surface area contributed by atoms with Crippen molar-refractivity contribution in [1.82, 2.24) is 0 Å². The third-order valence-electron chi connectivity index (χ3n) is 6.29. The summed E-state index contributed by atoms with van der Waals surface area (Å²) in [6, 6.07) is 17.5. The van der Waals surface area contributed by atoms with Gasteiger partial charge in [0.1, 0.15) is 11.4 Å². The Bertz CT molecular complexity index is 878. The van der Waals surface area contributed by atoms with Crippen molar-refractivity contribution in [2.45, 2.75) is 84.9 Å². The van der Waals surface area contributed by atoms with Crippen molar-refractivity contribution in [3.8, 4) is 5.75 Å². The van der Waals surface area contributed by atoms with E-state index in [1.165, 1.54) is 5.56 Å². The summed E-state index contributed by atoms with van der Waals surface area (Å²) >= 11 is 0. The van der Waals surface area contributed by atoms with Crippen molar-refractivity contribution >= 4 is 7.60 Å². The molecule has 0 bridgehead atoms. The monoisotopic (exact) mass is 460 g/mol. The number of benzene rings is 2. The fourth-order valence-corrected chi connectivity index (χ4v) is 5.61. The smallest absolute Gasteiger partial charge is 0.332 e. The molecule has 0 aromatic heterocycles. The lowest BCUT2D eigenvalue weighted by Crippen LogP contribution is -2.27. The van der Waals surface area contributed by atoms with E-state index in [1.807, 2.05) is 63.2 Å².